The van der Waals surface area contributed by atoms with Crippen LogP contribution in [0.25, 0.3) is 0 Å². The van der Waals surface area contributed by atoms with Crippen molar-refractivity contribution in [1.29, 1.82) is 0 Å². The predicted octanol–water partition coefficient (Wildman–Crippen LogP) is 2.88. The highest BCUT2D eigenvalue weighted by atomic mass is 16.6. The van der Waals surface area contributed by atoms with E-state index in [1.54, 1.807) is 6.07 Å². The molecule has 0 amide bonds. The minimum absolute atomic E-state index is 0.0619. The molecule has 1 saturated heterocycles. The minimum Gasteiger partial charge on any atom is -0.496 e. The second-order valence-corrected chi connectivity index (χ2v) is 6.05. The van der Waals surface area contributed by atoms with Crippen molar-refractivity contribution in [3.05, 3.63) is 29.3 Å². The number of hydrogen-bond acceptors (Lipinski definition) is 4. The lowest BCUT2D eigenvalue weighted by molar-refractivity contribution is -0.140. The molecule has 108 valence electrons. The van der Waals surface area contributed by atoms with Crippen molar-refractivity contribution in [2.45, 2.75) is 45.1 Å². The Balaban J connectivity index is 2.38. The molecular weight excluding hydrogens is 256 g/mol. The fraction of sp³-hybridized carbons (Fsp3) is 0.500. The Morgan fingerprint density at radius 1 is 1.35 bits per heavy atom. The molecule has 0 saturated carbocycles. The topological polar surface area (TPSA) is 52.6 Å². The number of rotatable bonds is 3. The zero-order chi connectivity index (χ0) is 14.9. The third-order valence-corrected chi connectivity index (χ3v) is 3.51. The first-order valence-corrected chi connectivity index (χ1v) is 6.75. The molecule has 1 unspecified atom stereocenters. The maximum Gasteiger partial charge on any atom is 0.306 e. The van der Waals surface area contributed by atoms with E-state index >= 15 is 0 Å². The number of cyclic esters (lactones) is 1. The van der Waals surface area contributed by atoms with Gasteiger partial charge in [-0.3, -0.25) is 9.59 Å². The summed E-state index contributed by atoms with van der Waals surface area (Å²) in [6.45, 7) is 6.25. The Morgan fingerprint density at radius 2 is 2.05 bits per heavy atom. The van der Waals surface area contributed by atoms with Gasteiger partial charge < -0.3 is 9.47 Å². The fourth-order valence-corrected chi connectivity index (χ4v) is 2.25. The summed E-state index contributed by atoms with van der Waals surface area (Å²) >= 11 is 0. The summed E-state index contributed by atoms with van der Waals surface area (Å²) < 4.78 is 10.3. The zero-order valence-corrected chi connectivity index (χ0v) is 12.4. The number of ether oxygens (including phenoxy) is 2. The lowest BCUT2D eigenvalue weighted by atomic mass is 9.85. The molecule has 1 aliphatic rings. The van der Waals surface area contributed by atoms with Crippen molar-refractivity contribution >= 4 is 11.8 Å². The van der Waals surface area contributed by atoms with Crippen LogP contribution >= 0.6 is 0 Å². The van der Waals surface area contributed by atoms with E-state index in [1.165, 1.54) is 7.11 Å². The highest BCUT2D eigenvalue weighted by Gasteiger charge is 2.32. The molecule has 0 spiro atoms. The van der Waals surface area contributed by atoms with Crippen LogP contribution in [0.1, 0.15) is 49.5 Å². The number of methoxy groups -OCH3 is 1. The molecule has 4 heteroatoms. The van der Waals surface area contributed by atoms with Gasteiger partial charge in [-0.1, -0.05) is 26.8 Å². The van der Waals surface area contributed by atoms with Gasteiger partial charge in [-0.25, -0.2) is 0 Å². The molecule has 1 aromatic carbocycles. The summed E-state index contributed by atoms with van der Waals surface area (Å²) in [6.07, 6.45) is 0.0738. The number of Topliss-reactive ketones (excluding diaryl/α,β-unsaturated/α-hetero) is 1. The van der Waals surface area contributed by atoms with Gasteiger partial charge >= 0.3 is 5.97 Å². The summed E-state index contributed by atoms with van der Waals surface area (Å²) in [7, 11) is 1.53. The fourth-order valence-electron chi connectivity index (χ4n) is 2.25. The van der Waals surface area contributed by atoms with Crippen molar-refractivity contribution in [3.63, 3.8) is 0 Å². The molecule has 1 aliphatic heterocycles. The number of carbonyl (C=O) groups excluding carboxylic acids is 2. The lowest BCUT2D eigenvalue weighted by Crippen LogP contribution is -2.22. The van der Waals surface area contributed by atoms with E-state index in [4.69, 9.17) is 9.47 Å². The number of hydrogen-bond donors (Lipinski definition) is 0. The average molecular weight is 276 g/mol. The summed E-state index contributed by atoms with van der Waals surface area (Å²) in [5, 5.41) is 0. The van der Waals surface area contributed by atoms with E-state index in [-0.39, 0.29) is 17.2 Å². The standard InChI is InChI=1S/C16H20O4/c1-16(2,3)10-5-6-12(19-4)11(9-10)15(18)13-7-8-14(17)20-13/h5-6,9,13H,7-8H2,1-4H3. The van der Waals surface area contributed by atoms with Crippen molar-refractivity contribution < 1.29 is 19.1 Å². The molecule has 0 aliphatic carbocycles. The van der Waals surface area contributed by atoms with E-state index < -0.39 is 6.10 Å². The Morgan fingerprint density at radius 3 is 2.55 bits per heavy atom. The Hall–Kier alpha value is -1.84. The van der Waals surface area contributed by atoms with Crippen LogP contribution in [-0.2, 0) is 14.9 Å². The second kappa shape index (κ2) is 5.27. The molecule has 1 aromatic rings. The van der Waals surface area contributed by atoms with Crippen LogP contribution in [0.3, 0.4) is 0 Å². The highest BCUT2D eigenvalue weighted by molar-refractivity contribution is 6.03. The number of ketones is 1. The summed E-state index contributed by atoms with van der Waals surface area (Å²) in [4.78, 5) is 23.7. The first-order valence-electron chi connectivity index (χ1n) is 6.75. The zero-order valence-electron chi connectivity index (χ0n) is 12.4. The van der Waals surface area contributed by atoms with Gasteiger partial charge in [0.1, 0.15) is 5.75 Å². The van der Waals surface area contributed by atoms with Crippen LogP contribution in [0.2, 0.25) is 0 Å². The van der Waals surface area contributed by atoms with E-state index in [2.05, 4.69) is 20.8 Å². The molecule has 2 rings (SSSR count). The van der Waals surface area contributed by atoms with Gasteiger partial charge in [0, 0.05) is 12.8 Å². The van der Waals surface area contributed by atoms with Crippen LogP contribution in [0.15, 0.2) is 18.2 Å². The third-order valence-electron chi connectivity index (χ3n) is 3.51. The van der Waals surface area contributed by atoms with Gasteiger partial charge in [-0.05, 0) is 23.1 Å². The van der Waals surface area contributed by atoms with Gasteiger partial charge in [0.15, 0.2) is 6.10 Å². The number of esters is 1. The quantitative estimate of drug-likeness (QED) is 0.629. The van der Waals surface area contributed by atoms with Crippen LogP contribution in [0.4, 0.5) is 0 Å². The molecule has 0 radical (unpaired) electrons. The molecular formula is C16H20O4. The van der Waals surface area contributed by atoms with Crippen molar-refractivity contribution in [3.8, 4) is 5.75 Å². The number of benzene rings is 1. The molecule has 0 N–H and O–H groups in total. The number of carbonyl (C=O) groups is 2. The normalized spacial score (nSPS) is 18.8. The van der Waals surface area contributed by atoms with Crippen molar-refractivity contribution in [2.24, 2.45) is 0 Å². The Kier molecular flexibility index (Phi) is 3.84. The SMILES string of the molecule is COc1ccc(C(C)(C)C)cc1C(=O)C1CCC(=O)O1. The maximum atomic E-state index is 12.5. The van der Waals surface area contributed by atoms with Gasteiger partial charge in [-0.2, -0.15) is 0 Å². The third kappa shape index (κ3) is 2.84. The molecule has 1 heterocycles. The van der Waals surface area contributed by atoms with Crippen molar-refractivity contribution in [1.82, 2.24) is 0 Å². The summed E-state index contributed by atoms with van der Waals surface area (Å²) in [5.41, 5.74) is 1.47. The molecule has 0 aromatic heterocycles. The predicted molar refractivity (Wildman–Crippen MR) is 75.1 cm³/mol. The van der Waals surface area contributed by atoms with Crippen LogP contribution in [-0.4, -0.2) is 25.0 Å². The molecule has 1 atom stereocenters. The minimum atomic E-state index is -0.674. The van der Waals surface area contributed by atoms with Crippen LogP contribution in [0.5, 0.6) is 5.75 Å². The maximum absolute atomic E-state index is 12.5. The summed E-state index contributed by atoms with van der Waals surface area (Å²) in [6, 6.07) is 5.59. The smallest absolute Gasteiger partial charge is 0.306 e. The molecule has 20 heavy (non-hydrogen) atoms. The van der Waals surface area contributed by atoms with Crippen LogP contribution < -0.4 is 4.74 Å². The van der Waals surface area contributed by atoms with Gasteiger partial charge in [-0.15, -0.1) is 0 Å². The monoisotopic (exact) mass is 276 g/mol. The molecule has 0 bridgehead atoms. The van der Waals surface area contributed by atoms with E-state index in [1.807, 2.05) is 12.1 Å². The summed E-state index contributed by atoms with van der Waals surface area (Å²) in [5.74, 6) is 0.0269. The largest absolute Gasteiger partial charge is 0.496 e. The average Bonchev–Trinajstić information content (AvgIpc) is 2.82. The van der Waals surface area contributed by atoms with Gasteiger partial charge in [0.2, 0.25) is 5.78 Å². The Bertz CT molecular complexity index is 540. The molecule has 1 fully saturated rings. The molecule has 4 nitrogen and oxygen atoms in total. The first-order chi connectivity index (χ1) is 9.32. The first kappa shape index (κ1) is 14.6. The van der Waals surface area contributed by atoms with Crippen LogP contribution in [0, 0.1) is 0 Å². The van der Waals surface area contributed by atoms with E-state index in [0.717, 1.165) is 5.56 Å². The van der Waals surface area contributed by atoms with Crippen molar-refractivity contribution in [2.75, 3.05) is 7.11 Å². The highest BCUT2D eigenvalue weighted by Crippen LogP contribution is 2.30. The van der Waals surface area contributed by atoms with E-state index in [0.29, 0.717) is 24.2 Å². The van der Waals surface area contributed by atoms with Gasteiger partial charge in [0.25, 0.3) is 0 Å². The van der Waals surface area contributed by atoms with E-state index in [9.17, 15) is 9.59 Å². The Labute approximate surface area is 119 Å². The van der Waals surface area contributed by atoms with Gasteiger partial charge in [0.05, 0.1) is 12.7 Å². The second-order valence-electron chi connectivity index (χ2n) is 6.05. The lowest BCUT2D eigenvalue weighted by Gasteiger charge is -2.21.